The van der Waals surface area contributed by atoms with Crippen LogP contribution in [0.1, 0.15) is 11.1 Å². The zero-order valence-electron chi connectivity index (χ0n) is 10.6. The standard InChI is InChI=1S/C14H11FN2O2S/c1-10-2-5-12(6-3-10)20(18,19)17-14-8-11(9-16)4-7-13(14)15/h2-8,17H,1H3. The molecule has 20 heavy (non-hydrogen) atoms. The molecule has 0 fully saturated rings. The maximum Gasteiger partial charge on any atom is 0.261 e. The Morgan fingerprint density at radius 3 is 2.40 bits per heavy atom. The molecule has 6 heteroatoms. The quantitative estimate of drug-likeness (QED) is 0.945. The van der Waals surface area contributed by atoms with E-state index < -0.39 is 15.8 Å². The number of sulfonamides is 1. The average molecular weight is 290 g/mol. The Hall–Kier alpha value is -2.39. The van der Waals surface area contributed by atoms with Gasteiger partial charge in [0.1, 0.15) is 5.82 Å². The van der Waals surface area contributed by atoms with Crippen LogP contribution in [0.25, 0.3) is 0 Å². The summed E-state index contributed by atoms with van der Waals surface area (Å²) in [5.74, 6) is -0.736. The molecule has 0 atom stereocenters. The second-order valence-corrected chi connectivity index (χ2v) is 5.91. The Morgan fingerprint density at radius 2 is 1.80 bits per heavy atom. The van der Waals surface area contributed by atoms with Crippen LogP contribution in [0, 0.1) is 24.1 Å². The van der Waals surface area contributed by atoms with Gasteiger partial charge in [0.25, 0.3) is 10.0 Å². The van der Waals surface area contributed by atoms with Crippen LogP contribution in [-0.4, -0.2) is 8.42 Å². The summed E-state index contributed by atoms with van der Waals surface area (Å²) in [6.07, 6.45) is 0. The first kappa shape index (κ1) is 14.0. The molecule has 0 aliphatic heterocycles. The van der Waals surface area contributed by atoms with E-state index in [1.807, 2.05) is 13.0 Å². The Balaban J connectivity index is 2.38. The zero-order valence-corrected chi connectivity index (χ0v) is 11.4. The van der Waals surface area contributed by atoms with E-state index in [0.29, 0.717) is 0 Å². The molecule has 0 radical (unpaired) electrons. The zero-order chi connectivity index (χ0) is 14.8. The minimum Gasteiger partial charge on any atom is -0.277 e. The summed E-state index contributed by atoms with van der Waals surface area (Å²) in [5.41, 5.74) is 0.847. The van der Waals surface area contributed by atoms with E-state index in [9.17, 15) is 12.8 Å². The fourth-order valence-electron chi connectivity index (χ4n) is 1.59. The van der Waals surface area contributed by atoms with Crippen molar-refractivity contribution in [2.45, 2.75) is 11.8 Å². The van der Waals surface area contributed by atoms with Crippen LogP contribution in [-0.2, 0) is 10.0 Å². The number of hydrogen-bond acceptors (Lipinski definition) is 3. The molecule has 102 valence electrons. The van der Waals surface area contributed by atoms with E-state index in [1.165, 1.54) is 18.2 Å². The Morgan fingerprint density at radius 1 is 1.15 bits per heavy atom. The van der Waals surface area contributed by atoms with Crippen LogP contribution in [0.4, 0.5) is 10.1 Å². The molecule has 4 nitrogen and oxygen atoms in total. The number of benzene rings is 2. The molecule has 1 N–H and O–H groups in total. The van der Waals surface area contributed by atoms with Gasteiger partial charge in [0.2, 0.25) is 0 Å². The number of nitrogens with zero attached hydrogens (tertiary/aromatic N) is 1. The number of nitriles is 1. The number of aryl methyl sites for hydroxylation is 1. The maximum atomic E-state index is 13.6. The molecular formula is C14H11FN2O2S. The summed E-state index contributed by atoms with van der Waals surface area (Å²) in [7, 11) is -3.88. The van der Waals surface area contributed by atoms with Crippen molar-refractivity contribution in [2.24, 2.45) is 0 Å². The molecule has 0 saturated heterocycles. The van der Waals surface area contributed by atoms with Gasteiger partial charge in [-0.15, -0.1) is 0 Å². The summed E-state index contributed by atoms with van der Waals surface area (Å²) < 4.78 is 39.9. The SMILES string of the molecule is Cc1ccc(S(=O)(=O)Nc2cc(C#N)ccc2F)cc1. The maximum absolute atomic E-state index is 13.6. The number of rotatable bonds is 3. The molecule has 0 aliphatic rings. The van der Waals surface area contributed by atoms with Crippen molar-refractivity contribution < 1.29 is 12.8 Å². The Labute approximate surface area is 116 Å². The normalized spacial score (nSPS) is 10.8. The van der Waals surface area contributed by atoms with E-state index in [-0.39, 0.29) is 16.1 Å². The lowest BCUT2D eigenvalue weighted by atomic mass is 10.2. The van der Waals surface area contributed by atoms with Gasteiger partial charge < -0.3 is 0 Å². The third-order valence-corrected chi connectivity index (χ3v) is 4.05. The molecule has 0 amide bonds. The largest absolute Gasteiger partial charge is 0.277 e. The summed E-state index contributed by atoms with van der Waals surface area (Å²) in [6.45, 7) is 1.83. The molecule has 0 bridgehead atoms. The first-order valence-electron chi connectivity index (χ1n) is 5.71. The van der Waals surface area contributed by atoms with Crippen LogP contribution in [0.2, 0.25) is 0 Å². The average Bonchev–Trinajstić information content (AvgIpc) is 2.41. The molecule has 0 aromatic heterocycles. The predicted octanol–water partition coefficient (Wildman–Crippen LogP) is 2.81. The van der Waals surface area contributed by atoms with Gasteiger partial charge in [0, 0.05) is 0 Å². The second-order valence-electron chi connectivity index (χ2n) is 4.22. The van der Waals surface area contributed by atoms with Crippen molar-refractivity contribution in [2.75, 3.05) is 4.72 Å². The molecule has 0 unspecified atom stereocenters. The highest BCUT2D eigenvalue weighted by molar-refractivity contribution is 7.92. The van der Waals surface area contributed by atoms with Crippen LogP contribution < -0.4 is 4.72 Å². The monoisotopic (exact) mass is 290 g/mol. The van der Waals surface area contributed by atoms with Crippen molar-refractivity contribution >= 4 is 15.7 Å². The summed E-state index contributed by atoms with van der Waals surface area (Å²) >= 11 is 0. The van der Waals surface area contributed by atoms with Gasteiger partial charge in [-0.2, -0.15) is 5.26 Å². The second kappa shape index (κ2) is 5.31. The molecule has 2 aromatic carbocycles. The minimum absolute atomic E-state index is 0.0323. The molecule has 0 aliphatic carbocycles. The highest BCUT2D eigenvalue weighted by atomic mass is 32.2. The minimum atomic E-state index is -3.88. The number of halogens is 1. The lowest BCUT2D eigenvalue weighted by Gasteiger charge is -2.09. The van der Waals surface area contributed by atoms with Crippen LogP contribution in [0.5, 0.6) is 0 Å². The number of hydrogen-bond donors (Lipinski definition) is 1. The van der Waals surface area contributed by atoms with Crippen molar-refractivity contribution in [3.63, 3.8) is 0 Å². The van der Waals surface area contributed by atoms with Crippen molar-refractivity contribution in [3.05, 3.63) is 59.4 Å². The summed E-state index contributed by atoms with van der Waals surface area (Å²) in [6, 6.07) is 11.5. The Kier molecular flexibility index (Phi) is 3.72. The number of nitrogens with one attached hydrogen (secondary N) is 1. The first-order chi connectivity index (χ1) is 9.42. The number of anilines is 1. The molecule has 0 spiro atoms. The highest BCUT2D eigenvalue weighted by Crippen LogP contribution is 2.20. The molecule has 0 saturated carbocycles. The fraction of sp³-hybridized carbons (Fsp3) is 0.0714. The van der Waals surface area contributed by atoms with Crippen LogP contribution >= 0.6 is 0 Å². The van der Waals surface area contributed by atoms with E-state index in [1.54, 1.807) is 12.1 Å². The van der Waals surface area contributed by atoms with Gasteiger partial charge in [-0.1, -0.05) is 17.7 Å². The summed E-state index contributed by atoms with van der Waals surface area (Å²) in [5, 5.41) is 8.75. The van der Waals surface area contributed by atoms with Gasteiger partial charge in [0.05, 0.1) is 22.2 Å². The van der Waals surface area contributed by atoms with Gasteiger partial charge in [-0.25, -0.2) is 12.8 Å². The third kappa shape index (κ3) is 2.95. The Bertz CT molecular complexity index is 778. The molecule has 2 rings (SSSR count). The molecule has 0 heterocycles. The first-order valence-corrected chi connectivity index (χ1v) is 7.20. The van der Waals surface area contributed by atoms with E-state index in [0.717, 1.165) is 17.7 Å². The van der Waals surface area contributed by atoms with Gasteiger partial charge in [0.15, 0.2) is 0 Å². The van der Waals surface area contributed by atoms with Crippen molar-refractivity contribution in [3.8, 4) is 6.07 Å². The van der Waals surface area contributed by atoms with Crippen LogP contribution in [0.3, 0.4) is 0 Å². The predicted molar refractivity (Wildman–Crippen MR) is 73.1 cm³/mol. The van der Waals surface area contributed by atoms with Gasteiger partial charge in [-0.3, -0.25) is 4.72 Å². The van der Waals surface area contributed by atoms with Crippen LogP contribution in [0.15, 0.2) is 47.4 Å². The lowest BCUT2D eigenvalue weighted by molar-refractivity contribution is 0.598. The summed E-state index contributed by atoms with van der Waals surface area (Å²) in [4.78, 5) is 0.0323. The van der Waals surface area contributed by atoms with E-state index in [4.69, 9.17) is 5.26 Å². The van der Waals surface area contributed by atoms with E-state index >= 15 is 0 Å². The smallest absolute Gasteiger partial charge is 0.261 e. The fourth-order valence-corrected chi connectivity index (χ4v) is 2.65. The van der Waals surface area contributed by atoms with Gasteiger partial charge >= 0.3 is 0 Å². The highest BCUT2D eigenvalue weighted by Gasteiger charge is 2.16. The topological polar surface area (TPSA) is 70.0 Å². The van der Waals surface area contributed by atoms with Gasteiger partial charge in [-0.05, 0) is 37.3 Å². The molecule has 2 aromatic rings. The van der Waals surface area contributed by atoms with Crippen molar-refractivity contribution in [1.82, 2.24) is 0 Å². The van der Waals surface area contributed by atoms with Crippen molar-refractivity contribution in [1.29, 1.82) is 5.26 Å². The lowest BCUT2D eigenvalue weighted by Crippen LogP contribution is -2.14. The van der Waals surface area contributed by atoms with E-state index in [2.05, 4.69) is 4.72 Å². The molecular weight excluding hydrogens is 279 g/mol. The third-order valence-electron chi connectivity index (χ3n) is 2.67.